The first-order chi connectivity index (χ1) is 10.1. The quantitative estimate of drug-likeness (QED) is 0.869. The predicted octanol–water partition coefficient (Wildman–Crippen LogP) is 3.18. The van der Waals surface area contributed by atoms with Gasteiger partial charge in [0.1, 0.15) is 17.1 Å². The van der Waals surface area contributed by atoms with Gasteiger partial charge < -0.3 is 4.74 Å². The Balaban J connectivity index is 2.05. The molecule has 0 bridgehead atoms. The Morgan fingerprint density at radius 1 is 1.43 bits per heavy atom. The van der Waals surface area contributed by atoms with Gasteiger partial charge in [-0.15, -0.1) is 0 Å². The Hall–Kier alpha value is -2.10. The Labute approximate surface area is 124 Å². The van der Waals surface area contributed by atoms with E-state index in [4.69, 9.17) is 9.72 Å². The number of carbonyl (C=O) groups excluding carboxylic acids is 1. The van der Waals surface area contributed by atoms with Crippen molar-refractivity contribution in [1.29, 1.82) is 0 Å². The van der Waals surface area contributed by atoms with E-state index in [0.717, 1.165) is 41.0 Å². The van der Waals surface area contributed by atoms with Crippen LogP contribution in [0.2, 0.25) is 0 Å². The van der Waals surface area contributed by atoms with Crippen molar-refractivity contribution in [3.8, 4) is 5.75 Å². The second-order valence-corrected chi connectivity index (χ2v) is 5.90. The van der Waals surface area contributed by atoms with Crippen molar-refractivity contribution in [2.24, 2.45) is 5.92 Å². The number of hydrogen-bond acceptors (Lipinski definition) is 3. The van der Waals surface area contributed by atoms with Crippen LogP contribution in [-0.2, 0) is 11.2 Å². The first-order valence-electron chi connectivity index (χ1n) is 7.37. The molecule has 2 heterocycles. The molecule has 0 radical (unpaired) electrons. The highest BCUT2D eigenvalue weighted by atomic mass is 16.5. The molecule has 110 valence electrons. The number of amides is 1. The largest absolute Gasteiger partial charge is 0.494 e. The highest BCUT2D eigenvalue weighted by molar-refractivity contribution is 5.97. The van der Waals surface area contributed by atoms with Crippen LogP contribution in [0.5, 0.6) is 5.75 Å². The number of carbonyl (C=O) groups is 1. The highest BCUT2D eigenvalue weighted by Gasteiger charge is 2.27. The van der Waals surface area contributed by atoms with Gasteiger partial charge in [-0.3, -0.25) is 9.69 Å². The average Bonchev–Trinajstić information content (AvgIpc) is 2.86. The summed E-state index contributed by atoms with van der Waals surface area (Å²) < 4.78 is 5.38. The lowest BCUT2D eigenvalue weighted by molar-refractivity contribution is -0.119. The van der Waals surface area contributed by atoms with Gasteiger partial charge in [0.15, 0.2) is 0 Å². The smallest absolute Gasteiger partial charge is 0.228 e. The fourth-order valence-corrected chi connectivity index (χ4v) is 2.83. The van der Waals surface area contributed by atoms with E-state index in [2.05, 4.69) is 19.9 Å². The van der Waals surface area contributed by atoms with Gasteiger partial charge in [0.25, 0.3) is 0 Å². The fraction of sp³-hybridized carbons (Fsp3) is 0.412. The highest BCUT2D eigenvalue weighted by Crippen LogP contribution is 2.33. The van der Waals surface area contributed by atoms with Gasteiger partial charge in [-0.25, -0.2) is 4.98 Å². The zero-order valence-corrected chi connectivity index (χ0v) is 12.7. The van der Waals surface area contributed by atoms with Gasteiger partial charge >= 0.3 is 0 Å². The van der Waals surface area contributed by atoms with E-state index >= 15 is 0 Å². The Morgan fingerprint density at radius 2 is 2.24 bits per heavy atom. The van der Waals surface area contributed by atoms with Crippen LogP contribution >= 0.6 is 0 Å². The van der Waals surface area contributed by atoms with Crippen molar-refractivity contribution < 1.29 is 9.53 Å². The van der Waals surface area contributed by atoms with Crippen molar-refractivity contribution in [1.82, 2.24) is 4.98 Å². The molecule has 0 aliphatic carbocycles. The van der Waals surface area contributed by atoms with E-state index in [1.807, 2.05) is 23.1 Å². The van der Waals surface area contributed by atoms with Gasteiger partial charge in [-0.1, -0.05) is 26.0 Å². The van der Waals surface area contributed by atoms with Crippen molar-refractivity contribution in [2.45, 2.75) is 26.7 Å². The Morgan fingerprint density at radius 3 is 2.95 bits per heavy atom. The molecule has 0 spiro atoms. The van der Waals surface area contributed by atoms with E-state index in [1.54, 1.807) is 7.11 Å². The van der Waals surface area contributed by atoms with E-state index in [0.29, 0.717) is 12.3 Å². The van der Waals surface area contributed by atoms with Crippen LogP contribution in [0, 0.1) is 5.92 Å². The van der Waals surface area contributed by atoms with Gasteiger partial charge in [0.05, 0.1) is 7.11 Å². The third kappa shape index (κ3) is 2.46. The molecule has 1 amide bonds. The summed E-state index contributed by atoms with van der Waals surface area (Å²) in [6.07, 6.45) is 1.43. The van der Waals surface area contributed by atoms with E-state index < -0.39 is 0 Å². The molecule has 0 unspecified atom stereocenters. The zero-order valence-electron chi connectivity index (χ0n) is 12.7. The van der Waals surface area contributed by atoms with Gasteiger partial charge in [-0.2, -0.15) is 0 Å². The molecular formula is C17H20N2O2. The summed E-state index contributed by atoms with van der Waals surface area (Å²) in [5, 5.41) is 1.06. The summed E-state index contributed by atoms with van der Waals surface area (Å²) >= 11 is 0. The van der Waals surface area contributed by atoms with Crippen LogP contribution in [0.1, 0.15) is 25.8 Å². The number of hydrogen-bond donors (Lipinski definition) is 0. The van der Waals surface area contributed by atoms with Crippen molar-refractivity contribution in [3.05, 3.63) is 29.8 Å². The minimum atomic E-state index is 0.158. The number of anilines is 1. The summed E-state index contributed by atoms with van der Waals surface area (Å²) in [6, 6.07) is 8.02. The number of para-hydroxylation sites is 1. The fourth-order valence-electron chi connectivity index (χ4n) is 2.83. The SMILES string of the molecule is COc1cccc2cc3c(nc12)N(C(=O)CC(C)C)CC3. The lowest BCUT2D eigenvalue weighted by Gasteiger charge is -2.18. The van der Waals surface area contributed by atoms with Gasteiger partial charge in [0, 0.05) is 18.4 Å². The number of fused-ring (bicyclic) bond motifs is 2. The Bertz CT molecular complexity index is 694. The third-order valence-corrected chi connectivity index (χ3v) is 3.83. The molecule has 2 aromatic rings. The molecule has 0 saturated carbocycles. The number of benzene rings is 1. The topological polar surface area (TPSA) is 42.4 Å². The van der Waals surface area contributed by atoms with Crippen LogP contribution in [0.3, 0.4) is 0 Å². The maximum atomic E-state index is 12.4. The number of ether oxygens (including phenoxy) is 1. The molecule has 0 atom stereocenters. The van der Waals surface area contributed by atoms with Crippen molar-refractivity contribution >= 4 is 22.6 Å². The number of methoxy groups -OCH3 is 1. The predicted molar refractivity (Wildman–Crippen MR) is 83.8 cm³/mol. The first kappa shape index (κ1) is 13.9. The lowest BCUT2D eigenvalue weighted by atomic mass is 10.1. The molecule has 0 fully saturated rings. The molecule has 1 aliphatic heterocycles. The number of aromatic nitrogens is 1. The normalized spacial score (nSPS) is 13.8. The minimum absolute atomic E-state index is 0.158. The number of rotatable bonds is 3. The van der Waals surface area contributed by atoms with Crippen LogP contribution in [0.4, 0.5) is 5.82 Å². The summed E-state index contributed by atoms with van der Waals surface area (Å²) in [5.74, 6) is 2.07. The monoisotopic (exact) mass is 284 g/mol. The molecular weight excluding hydrogens is 264 g/mol. The molecule has 4 nitrogen and oxygen atoms in total. The maximum Gasteiger partial charge on any atom is 0.228 e. The maximum absolute atomic E-state index is 12.4. The first-order valence-corrected chi connectivity index (χ1v) is 7.37. The molecule has 1 aliphatic rings. The van der Waals surface area contributed by atoms with Crippen molar-refractivity contribution in [3.63, 3.8) is 0 Å². The average molecular weight is 284 g/mol. The molecule has 1 aromatic heterocycles. The molecule has 4 heteroatoms. The lowest BCUT2D eigenvalue weighted by Crippen LogP contribution is -2.30. The zero-order chi connectivity index (χ0) is 15.0. The van der Waals surface area contributed by atoms with E-state index in [1.165, 1.54) is 0 Å². The summed E-state index contributed by atoms with van der Waals surface area (Å²) in [6.45, 7) is 4.85. The van der Waals surface area contributed by atoms with Crippen LogP contribution in [-0.4, -0.2) is 24.5 Å². The summed E-state index contributed by atoms with van der Waals surface area (Å²) in [7, 11) is 1.64. The standard InChI is InChI=1S/C17H20N2O2/c1-11(2)9-15(20)19-8-7-13-10-12-5-4-6-14(21-3)16(12)18-17(13)19/h4-6,10-11H,7-9H2,1-3H3. The second kappa shape index (κ2) is 5.35. The number of nitrogens with zero attached hydrogens (tertiary/aromatic N) is 2. The van der Waals surface area contributed by atoms with E-state index in [9.17, 15) is 4.79 Å². The number of pyridine rings is 1. The van der Waals surface area contributed by atoms with Crippen molar-refractivity contribution in [2.75, 3.05) is 18.6 Å². The van der Waals surface area contributed by atoms with Crippen LogP contribution < -0.4 is 9.64 Å². The van der Waals surface area contributed by atoms with Crippen LogP contribution in [0.15, 0.2) is 24.3 Å². The Kier molecular flexibility index (Phi) is 3.53. The van der Waals surface area contributed by atoms with Gasteiger partial charge in [-0.05, 0) is 30.0 Å². The summed E-state index contributed by atoms with van der Waals surface area (Å²) in [4.78, 5) is 18.9. The minimum Gasteiger partial charge on any atom is -0.494 e. The molecule has 0 N–H and O–H groups in total. The molecule has 21 heavy (non-hydrogen) atoms. The second-order valence-electron chi connectivity index (χ2n) is 5.90. The summed E-state index contributed by atoms with van der Waals surface area (Å²) in [5.41, 5.74) is 1.97. The van der Waals surface area contributed by atoms with Crippen LogP contribution in [0.25, 0.3) is 10.9 Å². The molecule has 1 aromatic carbocycles. The van der Waals surface area contributed by atoms with E-state index in [-0.39, 0.29) is 5.91 Å². The molecule has 3 rings (SSSR count). The third-order valence-electron chi connectivity index (χ3n) is 3.83. The molecule has 0 saturated heterocycles. The van der Waals surface area contributed by atoms with Gasteiger partial charge in [0.2, 0.25) is 5.91 Å².